The maximum Gasteiger partial charge on any atom is 0.310 e. The third kappa shape index (κ3) is 4.96. The molecule has 1 unspecified atom stereocenters. The van der Waals surface area contributed by atoms with Crippen molar-refractivity contribution in [3.63, 3.8) is 0 Å². The molecule has 172 valence electrons. The quantitative estimate of drug-likeness (QED) is 0.592. The largest absolute Gasteiger partial charge is 0.466 e. The van der Waals surface area contributed by atoms with Crippen LogP contribution in [0.25, 0.3) is 0 Å². The number of amides is 1. The van der Waals surface area contributed by atoms with Gasteiger partial charge >= 0.3 is 5.97 Å². The summed E-state index contributed by atoms with van der Waals surface area (Å²) in [6, 6.07) is 13.6. The van der Waals surface area contributed by atoms with Gasteiger partial charge in [-0.15, -0.1) is 0 Å². The summed E-state index contributed by atoms with van der Waals surface area (Å²) in [4.78, 5) is 27.0. The van der Waals surface area contributed by atoms with E-state index >= 15 is 0 Å². The Balaban J connectivity index is 1.89. The van der Waals surface area contributed by atoms with Crippen molar-refractivity contribution >= 4 is 27.6 Å². The molecule has 32 heavy (non-hydrogen) atoms. The molecule has 1 fully saturated rings. The number of nitrogens with zero attached hydrogens (tertiary/aromatic N) is 2. The molecule has 1 saturated heterocycles. The number of carbonyl (C=O) groups excluding carboxylic acids is 2. The number of piperidine rings is 1. The van der Waals surface area contributed by atoms with Crippen molar-refractivity contribution in [1.82, 2.24) is 4.90 Å². The summed E-state index contributed by atoms with van der Waals surface area (Å²) >= 11 is 0. The molecule has 8 heteroatoms. The van der Waals surface area contributed by atoms with Crippen LogP contribution in [0.2, 0.25) is 0 Å². The molecular formula is C24H30N2O5S. The van der Waals surface area contributed by atoms with Crippen molar-refractivity contribution in [2.24, 2.45) is 5.92 Å². The molecule has 2 aromatic carbocycles. The number of hydrogen-bond acceptors (Lipinski definition) is 5. The van der Waals surface area contributed by atoms with Crippen LogP contribution in [0.4, 0.5) is 5.69 Å². The van der Waals surface area contributed by atoms with Crippen LogP contribution in [-0.2, 0) is 19.6 Å². The maximum absolute atomic E-state index is 13.5. The Morgan fingerprint density at radius 2 is 1.84 bits per heavy atom. The van der Waals surface area contributed by atoms with Gasteiger partial charge in [-0.3, -0.25) is 13.9 Å². The molecule has 0 aromatic heterocycles. The van der Waals surface area contributed by atoms with Crippen molar-refractivity contribution in [1.29, 1.82) is 0 Å². The number of likely N-dealkylation sites (tertiary alicyclic amines) is 1. The monoisotopic (exact) mass is 458 g/mol. The van der Waals surface area contributed by atoms with Gasteiger partial charge in [-0.2, -0.15) is 0 Å². The van der Waals surface area contributed by atoms with E-state index in [9.17, 15) is 18.0 Å². The zero-order valence-electron chi connectivity index (χ0n) is 18.8. The van der Waals surface area contributed by atoms with Crippen LogP contribution >= 0.6 is 0 Å². The normalized spacial score (nSPS) is 16.5. The van der Waals surface area contributed by atoms with Crippen molar-refractivity contribution in [3.8, 4) is 0 Å². The summed E-state index contributed by atoms with van der Waals surface area (Å²) in [5.41, 5.74) is 1.43. The fourth-order valence-corrected chi connectivity index (χ4v) is 5.74. The van der Waals surface area contributed by atoms with Gasteiger partial charge in [0, 0.05) is 25.2 Å². The molecule has 2 aromatic rings. The summed E-state index contributed by atoms with van der Waals surface area (Å²) < 4.78 is 33.4. The second-order valence-corrected chi connectivity index (χ2v) is 9.66. The van der Waals surface area contributed by atoms with Crippen LogP contribution in [-0.4, -0.2) is 51.4 Å². The van der Waals surface area contributed by atoms with Crippen molar-refractivity contribution < 1.29 is 22.7 Å². The molecule has 1 atom stereocenters. The van der Waals surface area contributed by atoms with E-state index in [0.29, 0.717) is 42.8 Å². The number of esters is 1. The SMILES string of the molecule is CCOC(=O)C1CCCN(C(=O)c2ccc(C)c(S(=O)(=O)N(CC)c3ccccc3)c2)C1. The fraction of sp³-hybridized carbons (Fsp3) is 0.417. The summed E-state index contributed by atoms with van der Waals surface area (Å²) in [6.07, 6.45) is 1.38. The highest BCUT2D eigenvalue weighted by molar-refractivity contribution is 7.92. The van der Waals surface area contributed by atoms with E-state index in [0.717, 1.165) is 0 Å². The smallest absolute Gasteiger partial charge is 0.310 e. The first-order chi connectivity index (χ1) is 15.3. The van der Waals surface area contributed by atoms with E-state index in [-0.39, 0.29) is 35.8 Å². The second-order valence-electron chi connectivity index (χ2n) is 7.83. The van der Waals surface area contributed by atoms with Gasteiger partial charge in [0.05, 0.1) is 23.1 Å². The van der Waals surface area contributed by atoms with Gasteiger partial charge in [0.25, 0.3) is 15.9 Å². The Morgan fingerprint density at radius 3 is 2.50 bits per heavy atom. The summed E-state index contributed by atoms with van der Waals surface area (Å²) in [7, 11) is -3.86. The second kappa shape index (κ2) is 10.2. The molecule has 7 nitrogen and oxygen atoms in total. The molecule has 0 bridgehead atoms. The van der Waals surface area contributed by atoms with Crippen LogP contribution in [0, 0.1) is 12.8 Å². The minimum atomic E-state index is -3.86. The molecule has 0 aliphatic carbocycles. The highest BCUT2D eigenvalue weighted by Crippen LogP contribution is 2.27. The van der Waals surface area contributed by atoms with E-state index in [2.05, 4.69) is 0 Å². The molecule has 1 heterocycles. The third-order valence-corrected chi connectivity index (χ3v) is 7.71. The molecule has 0 N–H and O–H groups in total. The number of sulfonamides is 1. The van der Waals surface area contributed by atoms with Crippen LogP contribution in [0.1, 0.15) is 42.6 Å². The van der Waals surface area contributed by atoms with Gasteiger partial charge in [0.1, 0.15) is 0 Å². The van der Waals surface area contributed by atoms with Gasteiger partial charge in [-0.05, 0) is 63.4 Å². The standard InChI is InChI=1S/C24H30N2O5S/c1-4-26(21-11-7-6-8-12-21)32(29,30)22-16-19(14-13-18(22)3)23(27)25-15-9-10-20(17-25)24(28)31-5-2/h6-8,11-14,16,20H,4-5,9-10,15,17H2,1-3H3. The molecule has 3 rings (SSSR count). The first kappa shape index (κ1) is 23.8. The lowest BCUT2D eigenvalue weighted by atomic mass is 9.97. The van der Waals surface area contributed by atoms with E-state index in [1.165, 1.54) is 10.4 Å². The Bertz CT molecular complexity index is 1070. The molecule has 1 aliphatic rings. The lowest BCUT2D eigenvalue weighted by molar-refractivity contribution is -0.149. The molecule has 0 saturated carbocycles. The van der Waals surface area contributed by atoms with Crippen LogP contribution in [0.5, 0.6) is 0 Å². The van der Waals surface area contributed by atoms with Gasteiger partial charge in [0.2, 0.25) is 0 Å². The van der Waals surface area contributed by atoms with E-state index in [4.69, 9.17) is 4.74 Å². The van der Waals surface area contributed by atoms with Gasteiger partial charge in [-0.25, -0.2) is 8.42 Å². The molecule has 1 aliphatic heterocycles. The number of carbonyl (C=O) groups is 2. The van der Waals surface area contributed by atoms with Gasteiger partial charge in [0.15, 0.2) is 0 Å². The summed E-state index contributed by atoms with van der Waals surface area (Å²) in [5, 5.41) is 0. The average molecular weight is 459 g/mol. The number of rotatable bonds is 7. The van der Waals surface area contributed by atoms with E-state index < -0.39 is 10.0 Å². The Morgan fingerprint density at radius 1 is 1.12 bits per heavy atom. The number of anilines is 1. The average Bonchev–Trinajstić information content (AvgIpc) is 2.80. The van der Waals surface area contributed by atoms with Crippen LogP contribution in [0.3, 0.4) is 0 Å². The Kier molecular flexibility index (Phi) is 7.56. The summed E-state index contributed by atoms with van der Waals surface area (Å²) in [6.45, 7) is 6.62. The topological polar surface area (TPSA) is 84.0 Å². The molecule has 0 spiro atoms. The maximum atomic E-state index is 13.5. The lowest BCUT2D eigenvalue weighted by Crippen LogP contribution is -2.43. The summed E-state index contributed by atoms with van der Waals surface area (Å²) in [5.74, 6) is -0.924. The zero-order valence-corrected chi connectivity index (χ0v) is 19.6. The minimum Gasteiger partial charge on any atom is -0.466 e. The Labute approximate surface area is 190 Å². The van der Waals surface area contributed by atoms with Crippen LogP contribution < -0.4 is 4.31 Å². The van der Waals surface area contributed by atoms with E-state index in [1.54, 1.807) is 62.1 Å². The molecular weight excluding hydrogens is 428 g/mol. The number of hydrogen-bond donors (Lipinski definition) is 0. The molecule has 0 radical (unpaired) electrons. The van der Waals surface area contributed by atoms with Crippen molar-refractivity contribution in [3.05, 3.63) is 59.7 Å². The Hall–Kier alpha value is -2.87. The molecule has 1 amide bonds. The van der Waals surface area contributed by atoms with Gasteiger partial charge in [-0.1, -0.05) is 24.3 Å². The third-order valence-electron chi connectivity index (χ3n) is 5.66. The number of para-hydroxylation sites is 1. The highest BCUT2D eigenvalue weighted by atomic mass is 32.2. The number of aryl methyl sites for hydroxylation is 1. The number of benzene rings is 2. The predicted molar refractivity (Wildman–Crippen MR) is 123 cm³/mol. The lowest BCUT2D eigenvalue weighted by Gasteiger charge is -2.32. The van der Waals surface area contributed by atoms with Gasteiger partial charge < -0.3 is 9.64 Å². The predicted octanol–water partition coefficient (Wildman–Crippen LogP) is 3.63. The zero-order chi connectivity index (χ0) is 23.3. The highest BCUT2D eigenvalue weighted by Gasteiger charge is 2.31. The van der Waals surface area contributed by atoms with Crippen molar-refractivity contribution in [2.75, 3.05) is 30.5 Å². The van der Waals surface area contributed by atoms with E-state index in [1.807, 2.05) is 6.07 Å². The van der Waals surface area contributed by atoms with Crippen molar-refractivity contribution in [2.45, 2.75) is 38.5 Å². The van der Waals surface area contributed by atoms with Crippen LogP contribution in [0.15, 0.2) is 53.4 Å². The fourth-order valence-electron chi connectivity index (χ4n) is 4.01. The minimum absolute atomic E-state index is 0.105. The number of ether oxygens (including phenoxy) is 1. The first-order valence-corrected chi connectivity index (χ1v) is 12.4. The first-order valence-electron chi connectivity index (χ1n) is 10.9.